The van der Waals surface area contributed by atoms with Gasteiger partial charge in [-0.1, -0.05) is 182 Å². The van der Waals surface area contributed by atoms with Crippen LogP contribution in [0.5, 0.6) is 0 Å². The molecule has 0 amide bonds. The van der Waals surface area contributed by atoms with Crippen LogP contribution < -0.4 is 21.3 Å². The zero-order valence-corrected chi connectivity index (χ0v) is 35.5. The highest BCUT2D eigenvalue weighted by Gasteiger charge is 2.28. The monoisotopic (exact) mass is 814 g/mol. The minimum absolute atomic E-state index is 0.0445. The number of allylic oxidation sites excluding steroid dienone is 2. The molecule has 306 valence electrons. The fourth-order valence-corrected chi connectivity index (χ4v) is 9.95. The molecule has 0 saturated carbocycles. The van der Waals surface area contributed by atoms with Gasteiger partial charge in [0.05, 0.1) is 12.1 Å². The molecule has 3 unspecified atom stereocenters. The number of rotatable bonds is 10. The van der Waals surface area contributed by atoms with E-state index in [2.05, 4.69) is 235 Å². The maximum absolute atomic E-state index is 3.97. The largest absolute Gasteiger partial charge is 0.381 e. The summed E-state index contributed by atoms with van der Waals surface area (Å²) in [4.78, 5) is 0. The molecule has 4 nitrogen and oxygen atoms in total. The summed E-state index contributed by atoms with van der Waals surface area (Å²) in [6.45, 7) is 0.751. The fraction of sp³-hybridized carbons (Fsp3) is 0.119. The summed E-state index contributed by atoms with van der Waals surface area (Å²) < 4.78 is 0. The van der Waals surface area contributed by atoms with Crippen LogP contribution in [-0.2, 0) is 6.54 Å². The van der Waals surface area contributed by atoms with Crippen LogP contribution in [0.1, 0.15) is 58.9 Å². The summed E-state index contributed by atoms with van der Waals surface area (Å²) >= 11 is 0. The molecule has 9 aromatic rings. The lowest BCUT2D eigenvalue weighted by atomic mass is 9.89. The molecule has 0 bridgehead atoms. The van der Waals surface area contributed by atoms with E-state index in [0.717, 1.165) is 25.1 Å². The molecular weight excluding hydrogens is 765 g/mol. The topological polar surface area (TPSA) is 48.1 Å². The molecule has 4 N–H and O–H groups in total. The first-order chi connectivity index (χ1) is 31.2. The van der Waals surface area contributed by atoms with Gasteiger partial charge in [0.2, 0.25) is 0 Å². The Bertz CT molecular complexity index is 3170. The van der Waals surface area contributed by atoms with Gasteiger partial charge in [-0.3, -0.25) is 5.32 Å². The molecule has 0 aromatic heterocycles. The lowest BCUT2D eigenvalue weighted by molar-refractivity contribution is 0.506. The molecule has 1 aliphatic carbocycles. The first-order valence-electron chi connectivity index (χ1n) is 22.3. The second kappa shape index (κ2) is 16.9. The Balaban J connectivity index is 0.807. The van der Waals surface area contributed by atoms with Gasteiger partial charge in [0, 0.05) is 17.9 Å². The van der Waals surface area contributed by atoms with Crippen LogP contribution in [0.25, 0.3) is 54.6 Å². The number of anilines is 1. The maximum atomic E-state index is 3.97. The van der Waals surface area contributed by atoms with Crippen molar-refractivity contribution in [3.8, 4) is 22.3 Å². The fourth-order valence-electron chi connectivity index (χ4n) is 9.95. The van der Waals surface area contributed by atoms with Gasteiger partial charge in [-0.25, -0.2) is 0 Å². The Morgan fingerprint density at radius 2 is 1.19 bits per heavy atom. The number of likely N-dealkylation sites (N-methyl/N-ethyl adjacent to an activating group) is 1. The quantitative estimate of drug-likeness (QED) is 0.111. The molecule has 1 aliphatic heterocycles. The molecule has 0 saturated heterocycles. The van der Waals surface area contributed by atoms with E-state index in [0.29, 0.717) is 0 Å². The van der Waals surface area contributed by atoms with E-state index in [-0.39, 0.29) is 18.2 Å². The van der Waals surface area contributed by atoms with Crippen molar-refractivity contribution < 1.29 is 0 Å². The summed E-state index contributed by atoms with van der Waals surface area (Å²) in [5, 5.41) is 22.8. The molecular formula is C59H50N4. The molecule has 3 atom stereocenters. The summed E-state index contributed by atoms with van der Waals surface area (Å²) in [7, 11) is 2.08. The molecule has 9 aromatic carbocycles. The van der Waals surface area contributed by atoms with Crippen LogP contribution >= 0.6 is 0 Å². The van der Waals surface area contributed by atoms with Crippen molar-refractivity contribution in [3.63, 3.8) is 0 Å². The molecule has 0 radical (unpaired) electrons. The third-order valence-electron chi connectivity index (χ3n) is 13.2. The SMILES string of the molecule is CNC(C1=C(NCc2ccc3cc(C4Nc5ccccc5C(c5ccc(-c6cccc7ccccc67)cc5)N4)ccc3c2)C=CCC1)c1ccc(-c2cccc3ccccc23)cc1. The van der Waals surface area contributed by atoms with E-state index >= 15 is 0 Å². The van der Waals surface area contributed by atoms with Crippen LogP contribution in [-0.4, -0.2) is 7.05 Å². The Labute approximate surface area is 370 Å². The molecule has 4 heteroatoms. The highest BCUT2D eigenvalue weighted by atomic mass is 15.2. The predicted octanol–water partition coefficient (Wildman–Crippen LogP) is 13.9. The van der Waals surface area contributed by atoms with Crippen molar-refractivity contribution in [2.45, 2.75) is 37.6 Å². The Hall–Kier alpha value is -7.24. The average molecular weight is 815 g/mol. The van der Waals surface area contributed by atoms with E-state index in [1.807, 2.05) is 0 Å². The number of para-hydroxylation sites is 1. The Morgan fingerprint density at radius 3 is 1.92 bits per heavy atom. The van der Waals surface area contributed by atoms with Gasteiger partial charge in [0.25, 0.3) is 0 Å². The Morgan fingerprint density at radius 1 is 0.571 bits per heavy atom. The first-order valence-corrected chi connectivity index (χ1v) is 22.3. The Kier molecular flexibility index (Phi) is 10.4. The number of benzene rings is 9. The van der Waals surface area contributed by atoms with Crippen LogP contribution in [0, 0.1) is 0 Å². The van der Waals surface area contributed by atoms with Gasteiger partial charge < -0.3 is 16.0 Å². The minimum atomic E-state index is -0.0497. The molecule has 2 aliphatic rings. The van der Waals surface area contributed by atoms with E-state index < -0.39 is 0 Å². The number of hydrogen-bond acceptors (Lipinski definition) is 4. The zero-order valence-electron chi connectivity index (χ0n) is 35.5. The smallest absolute Gasteiger partial charge is 0.104 e. The zero-order chi connectivity index (χ0) is 42.1. The molecule has 11 rings (SSSR count). The number of nitrogens with one attached hydrogen (secondary N) is 4. The van der Waals surface area contributed by atoms with Gasteiger partial charge in [-0.05, 0) is 132 Å². The summed E-state index contributed by atoms with van der Waals surface area (Å²) in [6, 6.07) is 71.2. The first kappa shape index (κ1) is 38.7. The summed E-state index contributed by atoms with van der Waals surface area (Å²) in [5.41, 5.74) is 15.0. The van der Waals surface area contributed by atoms with Crippen molar-refractivity contribution >= 4 is 38.0 Å². The molecule has 1 heterocycles. The lowest BCUT2D eigenvalue weighted by Gasteiger charge is -2.35. The minimum Gasteiger partial charge on any atom is -0.381 e. The summed E-state index contributed by atoms with van der Waals surface area (Å²) in [5.74, 6) is 0. The van der Waals surface area contributed by atoms with Crippen molar-refractivity contribution in [3.05, 3.63) is 245 Å². The molecule has 63 heavy (non-hydrogen) atoms. The van der Waals surface area contributed by atoms with Crippen molar-refractivity contribution in [1.29, 1.82) is 0 Å². The highest BCUT2D eigenvalue weighted by Crippen LogP contribution is 2.39. The number of hydrogen-bond donors (Lipinski definition) is 4. The normalized spacial score (nSPS) is 16.5. The lowest BCUT2D eigenvalue weighted by Crippen LogP contribution is -2.37. The van der Waals surface area contributed by atoms with Gasteiger partial charge in [-0.15, -0.1) is 0 Å². The third-order valence-corrected chi connectivity index (χ3v) is 13.2. The van der Waals surface area contributed by atoms with Crippen LogP contribution in [0.3, 0.4) is 0 Å². The second-order valence-electron chi connectivity index (χ2n) is 17.0. The van der Waals surface area contributed by atoms with E-state index in [9.17, 15) is 0 Å². The van der Waals surface area contributed by atoms with E-state index in [1.54, 1.807) is 0 Å². The van der Waals surface area contributed by atoms with Gasteiger partial charge in [0.15, 0.2) is 0 Å². The standard InChI is InChI=1S/C59H50N4/c1-60-57(44-30-26-42(27-31-44)51-20-10-14-40-12-2-4-16-49(40)51)53-18-6-8-22-55(53)61-38-39-24-25-47-37-48(35-34-46(47)36-39)59-62-56-23-9-7-19-54(56)58(63-59)45-32-28-43(29-33-45)52-21-11-15-41-13-3-5-17-50(41)52/h2-5,7-17,19-37,57-63H,6,18,38H2,1H3. The molecule has 0 spiro atoms. The molecule has 0 fully saturated rings. The predicted molar refractivity (Wildman–Crippen MR) is 265 cm³/mol. The van der Waals surface area contributed by atoms with Gasteiger partial charge >= 0.3 is 0 Å². The average Bonchev–Trinajstić information content (AvgIpc) is 3.35. The maximum Gasteiger partial charge on any atom is 0.104 e. The summed E-state index contributed by atoms with van der Waals surface area (Å²) in [6.07, 6.45) is 6.57. The van der Waals surface area contributed by atoms with Gasteiger partial charge in [0.1, 0.15) is 6.17 Å². The van der Waals surface area contributed by atoms with E-state index in [4.69, 9.17) is 0 Å². The van der Waals surface area contributed by atoms with Crippen LogP contribution in [0.4, 0.5) is 5.69 Å². The van der Waals surface area contributed by atoms with Crippen molar-refractivity contribution in [2.75, 3.05) is 12.4 Å². The van der Waals surface area contributed by atoms with Crippen LogP contribution in [0.2, 0.25) is 0 Å². The van der Waals surface area contributed by atoms with Crippen LogP contribution in [0.15, 0.2) is 218 Å². The second-order valence-corrected chi connectivity index (χ2v) is 17.0. The highest BCUT2D eigenvalue weighted by molar-refractivity contribution is 5.97. The van der Waals surface area contributed by atoms with Crippen molar-refractivity contribution in [2.24, 2.45) is 0 Å². The van der Waals surface area contributed by atoms with Gasteiger partial charge in [-0.2, -0.15) is 0 Å². The van der Waals surface area contributed by atoms with Crippen molar-refractivity contribution in [1.82, 2.24) is 16.0 Å². The van der Waals surface area contributed by atoms with E-state index in [1.165, 1.54) is 93.7 Å². The number of fused-ring (bicyclic) bond motifs is 4. The third kappa shape index (κ3) is 7.59.